The van der Waals surface area contributed by atoms with E-state index < -0.39 is 26.7 Å². The van der Waals surface area contributed by atoms with E-state index in [0.29, 0.717) is 5.56 Å². The van der Waals surface area contributed by atoms with Gasteiger partial charge in [-0.25, -0.2) is 12.7 Å². The Kier molecular flexibility index (Phi) is 4.31. The van der Waals surface area contributed by atoms with Gasteiger partial charge in [-0.3, -0.25) is 0 Å². The molecule has 0 aliphatic rings. The molecule has 7 heteroatoms. The molecule has 0 aliphatic heterocycles. The van der Waals surface area contributed by atoms with E-state index in [4.69, 9.17) is 0 Å². The Labute approximate surface area is 111 Å². The van der Waals surface area contributed by atoms with Crippen LogP contribution in [0, 0.1) is 0 Å². The highest BCUT2D eigenvalue weighted by atomic mass is 32.2. The first-order valence-electron chi connectivity index (χ1n) is 5.61. The second-order valence-corrected chi connectivity index (χ2v) is 6.82. The summed E-state index contributed by atoms with van der Waals surface area (Å²) in [6, 6.07) is 3.34. The number of benzene rings is 1. The molecule has 3 nitrogen and oxygen atoms in total. The summed E-state index contributed by atoms with van der Waals surface area (Å²) in [5.74, 6) is -0.114. The van der Waals surface area contributed by atoms with Gasteiger partial charge in [0.05, 0.1) is 10.5 Å². The van der Waals surface area contributed by atoms with Crippen LogP contribution in [0.5, 0.6) is 0 Å². The van der Waals surface area contributed by atoms with Crippen LogP contribution in [0.4, 0.5) is 13.2 Å². The van der Waals surface area contributed by atoms with Crippen molar-refractivity contribution in [2.45, 2.75) is 30.8 Å². The molecule has 0 saturated carbocycles. The van der Waals surface area contributed by atoms with Gasteiger partial charge in [0, 0.05) is 14.1 Å². The van der Waals surface area contributed by atoms with Gasteiger partial charge in [0.25, 0.3) is 0 Å². The van der Waals surface area contributed by atoms with Gasteiger partial charge in [0.15, 0.2) is 0 Å². The number of hydrogen-bond acceptors (Lipinski definition) is 2. The summed E-state index contributed by atoms with van der Waals surface area (Å²) in [7, 11) is -1.72. The lowest BCUT2D eigenvalue weighted by Gasteiger charge is -2.18. The van der Waals surface area contributed by atoms with E-state index >= 15 is 0 Å². The van der Waals surface area contributed by atoms with E-state index in [0.717, 1.165) is 16.4 Å². The molecule has 0 amide bonds. The van der Waals surface area contributed by atoms with E-state index in [1.54, 1.807) is 13.8 Å². The third kappa shape index (κ3) is 3.27. The molecule has 0 fully saturated rings. The van der Waals surface area contributed by atoms with Crippen LogP contribution < -0.4 is 0 Å². The van der Waals surface area contributed by atoms with E-state index in [2.05, 4.69) is 0 Å². The number of hydrogen-bond donors (Lipinski definition) is 0. The van der Waals surface area contributed by atoms with Crippen molar-refractivity contribution >= 4 is 10.0 Å². The quantitative estimate of drug-likeness (QED) is 0.859. The average molecular weight is 295 g/mol. The van der Waals surface area contributed by atoms with Gasteiger partial charge < -0.3 is 0 Å². The Balaban J connectivity index is 3.59. The molecule has 0 atom stereocenters. The molecule has 0 heterocycles. The van der Waals surface area contributed by atoms with Crippen molar-refractivity contribution in [2.24, 2.45) is 0 Å². The minimum absolute atomic E-state index is 0.114. The second-order valence-electron chi connectivity index (χ2n) is 4.70. The first-order chi connectivity index (χ1) is 8.48. The second kappa shape index (κ2) is 5.13. The van der Waals surface area contributed by atoms with Crippen LogP contribution in [0.15, 0.2) is 23.1 Å². The number of alkyl halides is 3. The van der Waals surface area contributed by atoms with Gasteiger partial charge in [-0.1, -0.05) is 19.9 Å². The minimum atomic E-state index is -4.71. The van der Waals surface area contributed by atoms with Gasteiger partial charge in [-0.2, -0.15) is 13.2 Å². The topological polar surface area (TPSA) is 37.4 Å². The van der Waals surface area contributed by atoms with Gasteiger partial charge in [0.1, 0.15) is 0 Å². The highest BCUT2D eigenvalue weighted by molar-refractivity contribution is 7.89. The third-order valence-corrected chi connectivity index (χ3v) is 4.61. The molecule has 108 valence electrons. The Hall–Kier alpha value is -1.08. The highest BCUT2D eigenvalue weighted by Crippen LogP contribution is 2.36. The Morgan fingerprint density at radius 2 is 1.68 bits per heavy atom. The van der Waals surface area contributed by atoms with Crippen molar-refractivity contribution < 1.29 is 21.6 Å². The predicted octanol–water partition coefficient (Wildman–Crippen LogP) is 3.08. The summed E-state index contributed by atoms with van der Waals surface area (Å²) in [5.41, 5.74) is -0.669. The summed E-state index contributed by atoms with van der Waals surface area (Å²) in [4.78, 5) is -0.714. The number of nitrogens with zero attached hydrogens (tertiary/aromatic N) is 1. The summed E-state index contributed by atoms with van der Waals surface area (Å²) < 4.78 is 63.6. The Morgan fingerprint density at radius 3 is 2.05 bits per heavy atom. The van der Waals surface area contributed by atoms with E-state index in [1.165, 1.54) is 20.2 Å². The fourth-order valence-electron chi connectivity index (χ4n) is 1.55. The standard InChI is InChI=1S/C12H16F3NO2S/c1-8(2)9-5-6-11(19(17,18)16(3)4)10(7-9)12(13,14)15/h5-8H,1-4H3. The molecule has 0 bridgehead atoms. The zero-order chi connectivity index (χ0) is 15.0. The first-order valence-corrected chi connectivity index (χ1v) is 7.05. The van der Waals surface area contributed by atoms with Gasteiger partial charge in [-0.15, -0.1) is 0 Å². The third-order valence-electron chi connectivity index (χ3n) is 2.73. The fraction of sp³-hybridized carbons (Fsp3) is 0.500. The van der Waals surface area contributed by atoms with Crippen LogP contribution in [0.2, 0.25) is 0 Å². The maximum absolute atomic E-state index is 13.0. The number of sulfonamides is 1. The molecule has 0 unspecified atom stereocenters. The molecule has 0 spiro atoms. The molecule has 1 aromatic rings. The minimum Gasteiger partial charge on any atom is -0.207 e. The van der Waals surface area contributed by atoms with E-state index in [1.807, 2.05) is 0 Å². The monoisotopic (exact) mass is 295 g/mol. The van der Waals surface area contributed by atoms with Crippen molar-refractivity contribution in [3.63, 3.8) is 0 Å². The Bertz CT molecular complexity index is 563. The summed E-state index contributed by atoms with van der Waals surface area (Å²) in [5, 5.41) is 0. The SMILES string of the molecule is CC(C)c1ccc(S(=O)(=O)N(C)C)c(C(F)(F)F)c1. The van der Waals surface area contributed by atoms with Crippen LogP contribution >= 0.6 is 0 Å². The van der Waals surface area contributed by atoms with E-state index in [-0.39, 0.29) is 5.92 Å². The molecule has 0 aromatic heterocycles. The Morgan fingerprint density at radius 1 is 1.16 bits per heavy atom. The summed E-state index contributed by atoms with van der Waals surface area (Å²) in [6.07, 6.45) is -4.71. The van der Waals surface area contributed by atoms with Crippen LogP contribution in [0.3, 0.4) is 0 Å². The molecule has 0 saturated heterocycles. The molecule has 19 heavy (non-hydrogen) atoms. The fourth-order valence-corrected chi connectivity index (χ4v) is 2.64. The maximum atomic E-state index is 13.0. The predicted molar refractivity (Wildman–Crippen MR) is 66.4 cm³/mol. The van der Waals surface area contributed by atoms with Crippen molar-refractivity contribution in [1.29, 1.82) is 0 Å². The van der Waals surface area contributed by atoms with Crippen LogP contribution in [-0.2, 0) is 16.2 Å². The molecule has 0 radical (unpaired) electrons. The van der Waals surface area contributed by atoms with Crippen LogP contribution in [0.25, 0.3) is 0 Å². The van der Waals surface area contributed by atoms with Gasteiger partial charge >= 0.3 is 6.18 Å². The summed E-state index contributed by atoms with van der Waals surface area (Å²) in [6.45, 7) is 3.49. The normalized spacial score (nSPS) is 13.3. The lowest BCUT2D eigenvalue weighted by molar-refractivity contribution is -0.140. The lowest BCUT2D eigenvalue weighted by atomic mass is 10.0. The first kappa shape index (κ1) is 16.0. The smallest absolute Gasteiger partial charge is 0.207 e. The molecular formula is C12H16F3NO2S. The van der Waals surface area contributed by atoms with Crippen molar-refractivity contribution in [3.05, 3.63) is 29.3 Å². The molecule has 0 aliphatic carbocycles. The van der Waals surface area contributed by atoms with Crippen molar-refractivity contribution in [3.8, 4) is 0 Å². The van der Waals surface area contributed by atoms with Gasteiger partial charge in [-0.05, 0) is 23.6 Å². The molecule has 1 rings (SSSR count). The van der Waals surface area contributed by atoms with Crippen molar-refractivity contribution in [2.75, 3.05) is 14.1 Å². The zero-order valence-corrected chi connectivity index (χ0v) is 11.9. The van der Waals surface area contributed by atoms with Gasteiger partial charge in [0.2, 0.25) is 10.0 Å². The summed E-state index contributed by atoms with van der Waals surface area (Å²) >= 11 is 0. The van der Waals surface area contributed by atoms with Crippen LogP contribution in [0.1, 0.15) is 30.9 Å². The van der Waals surface area contributed by atoms with E-state index in [9.17, 15) is 21.6 Å². The number of halogens is 3. The average Bonchev–Trinajstić information content (AvgIpc) is 2.26. The maximum Gasteiger partial charge on any atom is 0.417 e. The van der Waals surface area contributed by atoms with Crippen molar-refractivity contribution in [1.82, 2.24) is 4.31 Å². The molecule has 1 aromatic carbocycles. The molecular weight excluding hydrogens is 279 g/mol. The largest absolute Gasteiger partial charge is 0.417 e. The zero-order valence-electron chi connectivity index (χ0n) is 11.1. The number of rotatable bonds is 3. The van der Waals surface area contributed by atoms with Crippen LogP contribution in [-0.4, -0.2) is 26.8 Å². The molecule has 0 N–H and O–H groups in total. The highest BCUT2D eigenvalue weighted by Gasteiger charge is 2.38. The lowest BCUT2D eigenvalue weighted by Crippen LogP contribution is -2.25.